The van der Waals surface area contributed by atoms with Crippen molar-refractivity contribution in [3.8, 4) is 11.4 Å². The van der Waals surface area contributed by atoms with Crippen molar-refractivity contribution in [1.82, 2.24) is 20.2 Å². The maximum absolute atomic E-state index is 12.3. The number of hydrogen-bond donors (Lipinski definition) is 0. The minimum absolute atomic E-state index is 0.0187. The van der Waals surface area contributed by atoms with Crippen LogP contribution in [0.25, 0.3) is 5.69 Å². The van der Waals surface area contributed by atoms with Crippen molar-refractivity contribution in [1.29, 1.82) is 0 Å². The molecule has 6 nitrogen and oxygen atoms in total. The van der Waals surface area contributed by atoms with E-state index in [0.29, 0.717) is 23.1 Å². The summed E-state index contributed by atoms with van der Waals surface area (Å²) in [5.74, 6) is 0.960. The van der Waals surface area contributed by atoms with Gasteiger partial charge in [-0.05, 0) is 41.6 Å². The first-order chi connectivity index (χ1) is 12.2. The second-order valence-electron chi connectivity index (χ2n) is 4.99. The van der Waals surface area contributed by atoms with Crippen molar-refractivity contribution < 1.29 is 9.53 Å². The topological polar surface area (TPSA) is 69.9 Å². The Morgan fingerprint density at radius 3 is 2.72 bits per heavy atom. The molecule has 0 amide bonds. The molecule has 0 aliphatic heterocycles. The van der Waals surface area contributed by atoms with Crippen LogP contribution in [-0.2, 0) is 0 Å². The molecule has 0 unspecified atom stereocenters. The number of ketones is 1. The van der Waals surface area contributed by atoms with E-state index in [2.05, 4.69) is 31.5 Å². The molecule has 1 heterocycles. The van der Waals surface area contributed by atoms with Crippen LogP contribution < -0.4 is 4.74 Å². The zero-order valence-corrected chi connectivity index (χ0v) is 15.8. The van der Waals surface area contributed by atoms with Gasteiger partial charge in [-0.3, -0.25) is 4.79 Å². The Hall–Kier alpha value is -2.19. The number of halogens is 1. The second-order valence-corrected chi connectivity index (χ2v) is 6.85. The predicted molar refractivity (Wildman–Crippen MR) is 99.5 cm³/mol. The van der Waals surface area contributed by atoms with Crippen LogP contribution in [0.15, 0.2) is 58.2 Å². The molecule has 0 spiro atoms. The molecular formula is C17H15BrN4O2S. The standard InChI is InChI=1S/C17H15BrN4O2S/c1-2-24-16-6-4-3-5-14(16)22-17(19-20-21-22)25-11-15(23)12-7-9-13(18)10-8-12/h3-10H,2,11H2,1H3. The zero-order chi connectivity index (χ0) is 17.6. The maximum Gasteiger partial charge on any atom is 0.214 e. The van der Waals surface area contributed by atoms with Crippen LogP contribution in [0.2, 0.25) is 0 Å². The van der Waals surface area contributed by atoms with Crippen LogP contribution in [0.5, 0.6) is 5.75 Å². The number of thioether (sulfide) groups is 1. The monoisotopic (exact) mass is 418 g/mol. The van der Waals surface area contributed by atoms with E-state index < -0.39 is 0 Å². The molecule has 0 fully saturated rings. The molecule has 0 saturated carbocycles. The molecule has 0 aliphatic rings. The summed E-state index contributed by atoms with van der Waals surface area (Å²) in [4.78, 5) is 12.3. The van der Waals surface area contributed by atoms with Gasteiger partial charge < -0.3 is 4.74 Å². The summed E-state index contributed by atoms with van der Waals surface area (Å²) in [6.07, 6.45) is 0. The first kappa shape index (κ1) is 17.6. The van der Waals surface area contributed by atoms with Crippen molar-refractivity contribution in [2.75, 3.05) is 12.4 Å². The number of carbonyl (C=O) groups is 1. The number of rotatable bonds is 7. The molecular weight excluding hydrogens is 404 g/mol. The summed E-state index contributed by atoms with van der Waals surface area (Å²) in [6.45, 7) is 2.46. The fraction of sp³-hybridized carbons (Fsp3) is 0.176. The highest BCUT2D eigenvalue weighted by Crippen LogP contribution is 2.26. The first-order valence-electron chi connectivity index (χ1n) is 7.61. The molecule has 1 aromatic heterocycles. The van der Waals surface area contributed by atoms with E-state index in [4.69, 9.17) is 4.74 Å². The van der Waals surface area contributed by atoms with E-state index in [0.717, 1.165) is 10.2 Å². The smallest absolute Gasteiger partial charge is 0.214 e. The van der Waals surface area contributed by atoms with Gasteiger partial charge in [0.2, 0.25) is 5.16 Å². The normalized spacial score (nSPS) is 10.6. The Morgan fingerprint density at radius 2 is 1.96 bits per heavy atom. The fourth-order valence-electron chi connectivity index (χ4n) is 2.18. The van der Waals surface area contributed by atoms with Gasteiger partial charge in [-0.15, -0.1) is 5.10 Å². The lowest BCUT2D eigenvalue weighted by atomic mass is 10.2. The highest BCUT2D eigenvalue weighted by molar-refractivity contribution is 9.10. The number of hydrogen-bond acceptors (Lipinski definition) is 6. The SMILES string of the molecule is CCOc1ccccc1-n1nnnc1SCC(=O)c1ccc(Br)cc1. The number of Topliss-reactive ketones (excluding diaryl/α,β-unsaturated/α-hetero) is 1. The lowest BCUT2D eigenvalue weighted by Gasteiger charge is -2.10. The van der Waals surface area contributed by atoms with E-state index in [9.17, 15) is 4.79 Å². The number of carbonyl (C=O) groups excluding carboxylic acids is 1. The Morgan fingerprint density at radius 1 is 1.20 bits per heavy atom. The van der Waals surface area contributed by atoms with E-state index in [1.165, 1.54) is 11.8 Å². The van der Waals surface area contributed by atoms with Crippen LogP contribution in [0.4, 0.5) is 0 Å². The van der Waals surface area contributed by atoms with Crippen LogP contribution in [0, 0.1) is 0 Å². The molecule has 25 heavy (non-hydrogen) atoms. The second kappa shape index (κ2) is 8.26. The molecule has 0 aliphatic carbocycles. The van der Waals surface area contributed by atoms with Crippen molar-refractivity contribution in [2.45, 2.75) is 12.1 Å². The Balaban J connectivity index is 1.76. The summed E-state index contributed by atoms with van der Waals surface area (Å²) >= 11 is 4.65. The summed E-state index contributed by atoms with van der Waals surface area (Å²) in [5, 5.41) is 12.3. The molecule has 0 atom stereocenters. The van der Waals surface area contributed by atoms with E-state index in [1.54, 1.807) is 16.8 Å². The lowest BCUT2D eigenvalue weighted by Crippen LogP contribution is -2.06. The van der Waals surface area contributed by atoms with Crippen molar-refractivity contribution in [3.05, 3.63) is 58.6 Å². The van der Waals surface area contributed by atoms with Crippen molar-refractivity contribution in [3.63, 3.8) is 0 Å². The highest BCUT2D eigenvalue weighted by atomic mass is 79.9. The number of nitrogens with zero attached hydrogens (tertiary/aromatic N) is 4. The van der Waals surface area contributed by atoms with Gasteiger partial charge in [0.05, 0.1) is 12.4 Å². The van der Waals surface area contributed by atoms with Gasteiger partial charge in [0.15, 0.2) is 5.78 Å². The third-order valence-electron chi connectivity index (χ3n) is 3.33. The third-order valence-corrected chi connectivity index (χ3v) is 4.78. The average Bonchev–Trinajstić information content (AvgIpc) is 3.09. The van der Waals surface area contributed by atoms with Gasteiger partial charge in [-0.2, -0.15) is 4.68 Å². The van der Waals surface area contributed by atoms with Crippen LogP contribution in [0.3, 0.4) is 0 Å². The zero-order valence-electron chi connectivity index (χ0n) is 13.4. The van der Waals surface area contributed by atoms with E-state index >= 15 is 0 Å². The molecule has 0 bridgehead atoms. The molecule has 0 N–H and O–H groups in total. The number of aromatic nitrogens is 4. The van der Waals surface area contributed by atoms with Crippen LogP contribution in [-0.4, -0.2) is 38.4 Å². The molecule has 8 heteroatoms. The quantitative estimate of drug-likeness (QED) is 0.429. The summed E-state index contributed by atoms with van der Waals surface area (Å²) in [6, 6.07) is 14.8. The average molecular weight is 419 g/mol. The number of ether oxygens (including phenoxy) is 1. The molecule has 2 aromatic carbocycles. The number of para-hydroxylation sites is 2. The van der Waals surface area contributed by atoms with Gasteiger partial charge in [0.25, 0.3) is 0 Å². The summed E-state index contributed by atoms with van der Waals surface area (Å²) in [5.41, 5.74) is 1.40. The molecule has 128 valence electrons. The van der Waals surface area contributed by atoms with Gasteiger partial charge in [-0.1, -0.05) is 52.0 Å². The van der Waals surface area contributed by atoms with Crippen LogP contribution in [0.1, 0.15) is 17.3 Å². The minimum Gasteiger partial charge on any atom is -0.492 e. The Bertz CT molecular complexity index is 867. The molecule has 0 saturated heterocycles. The highest BCUT2D eigenvalue weighted by Gasteiger charge is 2.15. The third kappa shape index (κ3) is 4.26. The Kier molecular flexibility index (Phi) is 5.83. The Labute approximate surface area is 157 Å². The van der Waals surface area contributed by atoms with Crippen molar-refractivity contribution in [2.24, 2.45) is 0 Å². The van der Waals surface area contributed by atoms with Gasteiger partial charge in [0.1, 0.15) is 11.4 Å². The molecule has 3 aromatic rings. The molecule has 3 rings (SSSR count). The van der Waals surface area contributed by atoms with E-state index in [1.807, 2.05) is 43.3 Å². The summed E-state index contributed by atoms with van der Waals surface area (Å²) in [7, 11) is 0. The van der Waals surface area contributed by atoms with E-state index in [-0.39, 0.29) is 11.5 Å². The summed E-state index contributed by atoms with van der Waals surface area (Å²) < 4.78 is 8.15. The largest absolute Gasteiger partial charge is 0.492 e. The van der Waals surface area contributed by atoms with Gasteiger partial charge in [-0.25, -0.2) is 0 Å². The van der Waals surface area contributed by atoms with Gasteiger partial charge in [0, 0.05) is 10.0 Å². The lowest BCUT2D eigenvalue weighted by molar-refractivity contribution is 0.102. The van der Waals surface area contributed by atoms with Crippen LogP contribution >= 0.6 is 27.7 Å². The van der Waals surface area contributed by atoms with Gasteiger partial charge >= 0.3 is 0 Å². The molecule has 0 radical (unpaired) electrons. The number of benzene rings is 2. The maximum atomic E-state index is 12.3. The minimum atomic E-state index is 0.0187. The first-order valence-corrected chi connectivity index (χ1v) is 9.39. The fourth-order valence-corrected chi connectivity index (χ4v) is 3.22. The number of tetrazole rings is 1. The predicted octanol–water partition coefficient (Wildman–Crippen LogP) is 3.80. The van der Waals surface area contributed by atoms with Crippen molar-refractivity contribution >= 4 is 33.5 Å².